The molecule has 2 aromatic heterocycles. The van der Waals surface area contributed by atoms with Gasteiger partial charge in [-0.1, -0.05) is 34.8 Å². The Labute approximate surface area is 216 Å². The van der Waals surface area contributed by atoms with E-state index in [9.17, 15) is 9.59 Å². The Hall–Kier alpha value is -4.35. The molecule has 37 heavy (non-hydrogen) atoms. The van der Waals surface area contributed by atoms with Gasteiger partial charge in [0, 0.05) is 22.4 Å². The van der Waals surface area contributed by atoms with Gasteiger partial charge in [-0.05, 0) is 63.6 Å². The standard InChI is InChI=1S/C28H23ClFN3O4/c1-6-8-9-17(7-2)25-15(4)24(34)19-13-14(3)12-18(26(19)36-25)16(5)31-21-11-10-20(29)23(30)22(21)27-32-28(35)37-33-27/h1,7-13,16,31H,2-5H3,(H,32,33,35)/b9-8-,17-7+. The summed E-state index contributed by atoms with van der Waals surface area (Å²) >= 11 is 6.00. The summed E-state index contributed by atoms with van der Waals surface area (Å²) in [5.41, 5.74) is 3.09. The number of nitrogens with one attached hydrogen (secondary N) is 2. The third-order valence-corrected chi connectivity index (χ3v) is 6.23. The zero-order valence-corrected chi connectivity index (χ0v) is 21.3. The molecule has 1 unspecified atom stereocenters. The van der Waals surface area contributed by atoms with E-state index in [-0.39, 0.29) is 21.8 Å². The van der Waals surface area contributed by atoms with Crippen LogP contribution in [-0.4, -0.2) is 10.1 Å². The van der Waals surface area contributed by atoms with E-state index in [2.05, 4.69) is 25.9 Å². The molecule has 0 amide bonds. The predicted molar refractivity (Wildman–Crippen MR) is 143 cm³/mol. The van der Waals surface area contributed by atoms with Crippen LogP contribution in [0.15, 0.2) is 61.0 Å². The van der Waals surface area contributed by atoms with Gasteiger partial charge in [0.1, 0.15) is 11.3 Å². The van der Waals surface area contributed by atoms with Crippen molar-refractivity contribution in [1.82, 2.24) is 10.1 Å². The summed E-state index contributed by atoms with van der Waals surface area (Å²) in [5.74, 6) is 1.12. The van der Waals surface area contributed by atoms with Crippen LogP contribution in [0.1, 0.15) is 42.3 Å². The molecule has 9 heteroatoms. The summed E-state index contributed by atoms with van der Waals surface area (Å²) in [7, 11) is 0. The Balaban J connectivity index is 1.89. The zero-order chi connectivity index (χ0) is 26.9. The minimum absolute atomic E-state index is 0.0595. The lowest BCUT2D eigenvalue weighted by atomic mass is 9.98. The summed E-state index contributed by atoms with van der Waals surface area (Å²) in [4.78, 5) is 27.2. The number of terminal acetylenes is 1. The van der Waals surface area contributed by atoms with E-state index >= 15 is 4.39 Å². The quantitative estimate of drug-likeness (QED) is 0.228. The van der Waals surface area contributed by atoms with Gasteiger partial charge in [0.25, 0.3) is 0 Å². The van der Waals surface area contributed by atoms with E-state index in [4.69, 9.17) is 22.4 Å². The number of aromatic amines is 1. The van der Waals surface area contributed by atoms with Crippen LogP contribution in [0.2, 0.25) is 5.02 Å². The number of allylic oxidation sites excluding steroid dienone is 4. The van der Waals surface area contributed by atoms with Crippen LogP contribution in [0.25, 0.3) is 27.9 Å². The van der Waals surface area contributed by atoms with Gasteiger partial charge in [-0.3, -0.25) is 14.3 Å². The Bertz CT molecular complexity index is 1740. The van der Waals surface area contributed by atoms with Crippen molar-refractivity contribution in [3.8, 4) is 23.7 Å². The van der Waals surface area contributed by atoms with Gasteiger partial charge in [0.15, 0.2) is 17.1 Å². The predicted octanol–water partition coefficient (Wildman–Crippen LogP) is 6.31. The number of hydrogen-bond donors (Lipinski definition) is 2. The van der Waals surface area contributed by atoms with Crippen molar-refractivity contribution in [2.75, 3.05) is 5.32 Å². The first-order valence-electron chi connectivity index (χ1n) is 11.3. The summed E-state index contributed by atoms with van der Waals surface area (Å²) in [6.45, 7) is 7.24. The normalized spacial score (nSPS) is 12.7. The van der Waals surface area contributed by atoms with Gasteiger partial charge < -0.3 is 9.73 Å². The molecule has 2 aromatic carbocycles. The number of fused-ring (bicyclic) bond motifs is 1. The van der Waals surface area contributed by atoms with Crippen LogP contribution < -0.4 is 16.5 Å². The number of rotatable bonds is 6. The van der Waals surface area contributed by atoms with Crippen molar-refractivity contribution < 1.29 is 13.3 Å². The molecular formula is C28H23ClFN3O4. The van der Waals surface area contributed by atoms with Crippen molar-refractivity contribution >= 4 is 33.8 Å². The minimum atomic E-state index is -0.832. The molecule has 0 aliphatic carbocycles. The largest absolute Gasteiger partial charge is 0.455 e. The van der Waals surface area contributed by atoms with Gasteiger partial charge in [-0.2, -0.15) is 0 Å². The lowest BCUT2D eigenvalue weighted by molar-refractivity contribution is 0.387. The van der Waals surface area contributed by atoms with Crippen molar-refractivity contribution in [3.63, 3.8) is 0 Å². The highest BCUT2D eigenvalue weighted by molar-refractivity contribution is 6.31. The van der Waals surface area contributed by atoms with Crippen molar-refractivity contribution in [2.24, 2.45) is 0 Å². The monoisotopic (exact) mass is 519 g/mol. The summed E-state index contributed by atoms with van der Waals surface area (Å²) in [5, 5.41) is 7.12. The first-order chi connectivity index (χ1) is 17.7. The number of halogens is 2. The number of H-pyrrole nitrogens is 1. The Morgan fingerprint density at radius 2 is 2.05 bits per heavy atom. The first kappa shape index (κ1) is 25.7. The average Bonchev–Trinajstić information content (AvgIpc) is 3.30. The Kier molecular flexibility index (Phi) is 7.18. The number of aryl methyl sites for hydroxylation is 1. The van der Waals surface area contributed by atoms with Gasteiger partial charge in [-0.25, -0.2) is 9.18 Å². The molecule has 4 rings (SSSR count). The summed E-state index contributed by atoms with van der Waals surface area (Å²) in [6, 6.07) is 6.14. The van der Waals surface area contributed by atoms with E-state index in [1.165, 1.54) is 12.1 Å². The zero-order valence-electron chi connectivity index (χ0n) is 20.5. The van der Waals surface area contributed by atoms with E-state index in [1.54, 1.807) is 25.1 Å². The first-order valence-corrected chi connectivity index (χ1v) is 11.7. The number of aromatic nitrogens is 2. The van der Waals surface area contributed by atoms with Crippen molar-refractivity contribution in [2.45, 2.75) is 33.7 Å². The fourth-order valence-corrected chi connectivity index (χ4v) is 4.31. The molecule has 0 radical (unpaired) electrons. The maximum Gasteiger partial charge on any atom is 0.439 e. The van der Waals surface area contributed by atoms with Gasteiger partial charge in [0.2, 0.25) is 0 Å². The fraction of sp³-hybridized carbons (Fsp3) is 0.179. The lowest BCUT2D eigenvalue weighted by Gasteiger charge is -2.20. The second-order valence-corrected chi connectivity index (χ2v) is 8.86. The molecule has 4 aromatic rings. The van der Waals surface area contributed by atoms with Crippen LogP contribution in [0.4, 0.5) is 10.1 Å². The van der Waals surface area contributed by atoms with Gasteiger partial charge >= 0.3 is 5.76 Å². The molecule has 0 saturated heterocycles. The number of benzene rings is 2. The minimum Gasteiger partial charge on any atom is -0.455 e. The molecule has 0 spiro atoms. The SMILES string of the molecule is C#C/C=C\C(=C/C)c1oc2c(C(C)Nc3ccc(Cl)c(F)c3-c3noc(=O)[nH]3)cc(C)cc2c(=O)c1C. The molecule has 1 atom stereocenters. The number of hydrogen-bond acceptors (Lipinski definition) is 6. The summed E-state index contributed by atoms with van der Waals surface area (Å²) in [6.07, 6.45) is 10.4. The van der Waals surface area contributed by atoms with Crippen LogP contribution in [0.5, 0.6) is 0 Å². The molecule has 0 aliphatic heterocycles. The smallest absolute Gasteiger partial charge is 0.439 e. The molecule has 0 saturated carbocycles. The third kappa shape index (κ3) is 4.86. The molecule has 0 aliphatic rings. The highest BCUT2D eigenvalue weighted by Crippen LogP contribution is 2.36. The number of anilines is 1. The highest BCUT2D eigenvalue weighted by Gasteiger charge is 2.23. The molecule has 188 valence electrons. The number of nitrogens with zero attached hydrogens (tertiary/aromatic N) is 1. The molecule has 0 bridgehead atoms. The maximum absolute atomic E-state index is 15.0. The van der Waals surface area contributed by atoms with Crippen molar-refractivity contribution in [1.29, 1.82) is 0 Å². The van der Waals surface area contributed by atoms with Gasteiger partial charge in [0.05, 0.1) is 22.0 Å². The third-order valence-electron chi connectivity index (χ3n) is 5.93. The molecule has 2 N–H and O–H groups in total. The molecule has 7 nitrogen and oxygen atoms in total. The average molecular weight is 520 g/mol. The van der Waals surface area contributed by atoms with Gasteiger partial charge in [-0.15, -0.1) is 6.42 Å². The van der Waals surface area contributed by atoms with Crippen LogP contribution in [-0.2, 0) is 0 Å². The van der Waals surface area contributed by atoms with Crippen LogP contribution in [0, 0.1) is 32.0 Å². The fourth-order valence-electron chi connectivity index (χ4n) is 4.16. The highest BCUT2D eigenvalue weighted by atomic mass is 35.5. The van der Waals surface area contributed by atoms with Crippen LogP contribution >= 0.6 is 11.6 Å². The summed E-state index contributed by atoms with van der Waals surface area (Å²) < 4.78 is 25.9. The lowest BCUT2D eigenvalue weighted by Crippen LogP contribution is -2.14. The second-order valence-electron chi connectivity index (χ2n) is 8.45. The Morgan fingerprint density at radius 3 is 2.70 bits per heavy atom. The second kappa shape index (κ2) is 10.3. The molecule has 2 heterocycles. The van der Waals surface area contributed by atoms with E-state index in [1.807, 2.05) is 32.9 Å². The van der Waals surface area contributed by atoms with E-state index in [0.717, 1.165) is 5.56 Å². The molecule has 0 fully saturated rings. The maximum atomic E-state index is 15.0. The van der Waals surface area contributed by atoms with Crippen molar-refractivity contribution in [3.05, 3.63) is 96.6 Å². The van der Waals surface area contributed by atoms with E-state index in [0.29, 0.717) is 39.1 Å². The van der Waals surface area contributed by atoms with Crippen LogP contribution in [0.3, 0.4) is 0 Å². The topological polar surface area (TPSA) is 101 Å². The Morgan fingerprint density at radius 1 is 1.30 bits per heavy atom. The molecular weight excluding hydrogens is 497 g/mol. The van der Waals surface area contributed by atoms with E-state index < -0.39 is 17.6 Å².